The van der Waals surface area contributed by atoms with Crippen molar-refractivity contribution in [2.24, 2.45) is 11.7 Å². The SMILES string of the molecule is CC(CN)C(=O)c1ccccc1C1CCC1. The van der Waals surface area contributed by atoms with Gasteiger partial charge >= 0.3 is 0 Å². The summed E-state index contributed by atoms with van der Waals surface area (Å²) in [7, 11) is 0. The van der Waals surface area contributed by atoms with Gasteiger partial charge in [0.1, 0.15) is 0 Å². The van der Waals surface area contributed by atoms with Crippen LogP contribution in [0.5, 0.6) is 0 Å². The molecule has 2 rings (SSSR count). The number of nitrogens with two attached hydrogens (primary N) is 1. The fourth-order valence-corrected chi connectivity index (χ4v) is 2.17. The van der Waals surface area contributed by atoms with E-state index in [1.165, 1.54) is 24.8 Å². The second-order valence-corrected chi connectivity index (χ2v) is 4.72. The van der Waals surface area contributed by atoms with E-state index in [0.29, 0.717) is 12.5 Å². The van der Waals surface area contributed by atoms with Crippen molar-refractivity contribution in [2.75, 3.05) is 6.54 Å². The Morgan fingerprint density at radius 3 is 2.69 bits per heavy atom. The maximum atomic E-state index is 12.2. The standard InChI is InChI=1S/C14H19NO/c1-10(9-15)14(16)13-8-3-2-7-12(13)11-5-4-6-11/h2-3,7-8,10-11H,4-6,9,15H2,1H3. The molecular weight excluding hydrogens is 198 g/mol. The number of hydrogen-bond donors (Lipinski definition) is 1. The molecule has 2 nitrogen and oxygen atoms in total. The summed E-state index contributed by atoms with van der Waals surface area (Å²) in [5.41, 5.74) is 7.69. The first kappa shape index (κ1) is 11.3. The molecule has 0 aromatic heterocycles. The summed E-state index contributed by atoms with van der Waals surface area (Å²) in [4.78, 5) is 12.2. The summed E-state index contributed by atoms with van der Waals surface area (Å²) in [6, 6.07) is 8.01. The van der Waals surface area contributed by atoms with Crippen molar-refractivity contribution in [3.05, 3.63) is 35.4 Å². The molecule has 1 atom stereocenters. The number of ketones is 1. The Kier molecular flexibility index (Phi) is 3.39. The lowest BCUT2D eigenvalue weighted by atomic mass is 9.77. The average molecular weight is 217 g/mol. The summed E-state index contributed by atoms with van der Waals surface area (Å²) in [5, 5.41) is 0. The smallest absolute Gasteiger partial charge is 0.167 e. The molecule has 1 saturated carbocycles. The minimum absolute atomic E-state index is 0.0683. The number of carbonyl (C=O) groups is 1. The van der Waals surface area contributed by atoms with Crippen LogP contribution >= 0.6 is 0 Å². The van der Waals surface area contributed by atoms with Gasteiger partial charge in [0, 0.05) is 18.0 Å². The Morgan fingerprint density at radius 2 is 2.12 bits per heavy atom. The fraction of sp³-hybridized carbons (Fsp3) is 0.500. The van der Waals surface area contributed by atoms with Gasteiger partial charge in [-0.15, -0.1) is 0 Å². The first-order valence-electron chi connectivity index (χ1n) is 6.07. The second kappa shape index (κ2) is 4.79. The second-order valence-electron chi connectivity index (χ2n) is 4.72. The van der Waals surface area contributed by atoms with Gasteiger partial charge in [0.25, 0.3) is 0 Å². The van der Waals surface area contributed by atoms with Crippen molar-refractivity contribution in [1.82, 2.24) is 0 Å². The molecule has 0 bridgehead atoms. The van der Waals surface area contributed by atoms with Crippen molar-refractivity contribution in [3.63, 3.8) is 0 Å². The highest BCUT2D eigenvalue weighted by Gasteiger charge is 2.25. The van der Waals surface area contributed by atoms with E-state index in [-0.39, 0.29) is 11.7 Å². The van der Waals surface area contributed by atoms with Crippen molar-refractivity contribution in [1.29, 1.82) is 0 Å². The molecule has 0 amide bonds. The van der Waals surface area contributed by atoms with E-state index in [1.54, 1.807) is 0 Å². The minimum Gasteiger partial charge on any atom is -0.330 e. The maximum Gasteiger partial charge on any atom is 0.167 e. The highest BCUT2D eigenvalue weighted by molar-refractivity contribution is 5.99. The Labute approximate surface area is 96.8 Å². The normalized spacial score (nSPS) is 17.9. The number of Topliss-reactive ketones (excluding diaryl/α,β-unsaturated/α-hetero) is 1. The molecule has 16 heavy (non-hydrogen) atoms. The fourth-order valence-electron chi connectivity index (χ4n) is 2.17. The molecule has 1 aromatic rings. The molecule has 1 fully saturated rings. The molecular formula is C14H19NO. The van der Waals surface area contributed by atoms with E-state index in [1.807, 2.05) is 25.1 Å². The Morgan fingerprint density at radius 1 is 1.44 bits per heavy atom. The van der Waals surface area contributed by atoms with Gasteiger partial charge in [-0.3, -0.25) is 4.79 Å². The summed E-state index contributed by atoms with van der Waals surface area (Å²) < 4.78 is 0. The largest absolute Gasteiger partial charge is 0.330 e. The van der Waals surface area contributed by atoms with Crippen LogP contribution in [0, 0.1) is 5.92 Å². The van der Waals surface area contributed by atoms with Gasteiger partial charge in [-0.1, -0.05) is 37.6 Å². The van der Waals surface area contributed by atoms with Gasteiger partial charge < -0.3 is 5.73 Å². The monoisotopic (exact) mass is 217 g/mol. The zero-order valence-electron chi connectivity index (χ0n) is 9.78. The average Bonchev–Trinajstić information content (AvgIpc) is 2.25. The molecule has 0 heterocycles. The Balaban J connectivity index is 2.28. The maximum absolute atomic E-state index is 12.2. The van der Waals surface area contributed by atoms with Crippen LogP contribution in [0.25, 0.3) is 0 Å². The molecule has 2 heteroatoms. The van der Waals surface area contributed by atoms with Crippen LogP contribution in [0.3, 0.4) is 0 Å². The highest BCUT2D eigenvalue weighted by Crippen LogP contribution is 2.38. The zero-order valence-corrected chi connectivity index (χ0v) is 9.78. The van der Waals surface area contributed by atoms with Crippen LogP contribution in [0.15, 0.2) is 24.3 Å². The van der Waals surface area contributed by atoms with E-state index in [0.717, 1.165) is 5.56 Å². The van der Waals surface area contributed by atoms with E-state index in [9.17, 15) is 4.79 Å². The minimum atomic E-state index is -0.0683. The molecule has 1 aliphatic carbocycles. The Bertz CT molecular complexity index is 382. The van der Waals surface area contributed by atoms with Gasteiger partial charge in [0.05, 0.1) is 0 Å². The van der Waals surface area contributed by atoms with Crippen molar-refractivity contribution >= 4 is 5.78 Å². The first-order valence-corrected chi connectivity index (χ1v) is 6.07. The van der Waals surface area contributed by atoms with Gasteiger partial charge in [-0.05, 0) is 24.3 Å². The quantitative estimate of drug-likeness (QED) is 0.788. The molecule has 2 N–H and O–H groups in total. The number of hydrogen-bond acceptors (Lipinski definition) is 2. The van der Waals surface area contributed by atoms with Gasteiger partial charge in [0.15, 0.2) is 5.78 Å². The predicted octanol–water partition coefficient (Wildman–Crippen LogP) is 2.73. The lowest BCUT2D eigenvalue weighted by Gasteiger charge is -2.28. The summed E-state index contributed by atoms with van der Waals surface area (Å²) >= 11 is 0. The van der Waals surface area contributed by atoms with Crippen LogP contribution in [0.2, 0.25) is 0 Å². The molecule has 0 aliphatic heterocycles. The zero-order chi connectivity index (χ0) is 11.5. The summed E-state index contributed by atoms with van der Waals surface area (Å²) in [6.07, 6.45) is 3.74. The molecule has 0 spiro atoms. The van der Waals surface area contributed by atoms with E-state index in [4.69, 9.17) is 5.73 Å². The third kappa shape index (κ3) is 2.03. The van der Waals surface area contributed by atoms with Crippen LogP contribution in [0.4, 0.5) is 0 Å². The first-order chi connectivity index (χ1) is 7.74. The van der Waals surface area contributed by atoms with Crippen LogP contribution in [-0.2, 0) is 0 Å². The van der Waals surface area contributed by atoms with Crippen molar-refractivity contribution in [2.45, 2.75) is 32.1 Å². The highest BCUT2D eigenvalue weighted by atomic mass is 16.1. The van der Waals surface area contributed by atoms with E-state index < -0.39 is 0 Å². The van der Waals surface area contributed by atoms with Crippen LogP contribution in [-0.4, -0.2) is 12.3 Å². The lowest BCUT2D eigenvalue weighted by molar-refractivity contribution is 0.0932. The topological polar surface area (TPSA) is 43.1 Å². The number of carbonyl (C=O) groups excluding carboxylic acids is 1. The third-order valence-corrected chi connectivity index (χ3v) is 3.57. The third-order valence-electron chi connectivity index (χ3n) is 3.57. The molecule has 86 valence electrons. The number of rotatable bonds is 4. The van der Waals surface area contributed by atoms with Gasteiger partial charge in [-0.2, -0.15) is 0 Å². The lowest BCUT2D eigenvalue weighted by Crippen LogP contribution is -2.23. The van der Waals surface area contributed by atoms with Gasteiger partial charge in [0.2, 0.25) is 0 Å². The van der Waals surface area contributed by atoms with E-state index in [2.05, 4.69) is 6.07 Å². The molecule has 1 unspecified atom stereocenters. The van der Waals surface area contributed by atoms with Crippen molar-refractivity contribution in [3.8, 4) is 0 Å². The molecule has 1 aliphatic rings. The van der Waals surface area contributed by atoms with Crippen LogP contribution < -0.4 is 5.73 Å². The molecule has 0 radical (unpaired) electrons. The van der Waals surface area contributed by atoms with Gasteiger partial charge in [-0.25, -0.2) is 0 Å². The van der Waals surface area contributed by atoms with Crippen LogP contribution in [0.1, 0.15) is 48.0 Å². The van der Waals surface area contributed by atoms with Crippen molar-refractivity contribution < 1.29 is 4.79 Å². The number of benzene rings is 1. The Hall–Kier alpha value is -1.15. The summed E-state index contributed by atoms with van der Waals surface area (Å²) in [5.74, 6) is 0.733. The predicted molar refractivity (Wildman–Crippen MR) is 65.6 cm³/mol. The summed E-state index contributed by atoms with van der Waals surface area (Å²) in [6.45, 7) is 2.33. The van der Waals surface area contributed by atoms with E-state index >= 15 is 0 Å². The molecule has 1 aromatic carbocycles. The molecule has 0 saturated heterocycles.